The van der Waals surface area contributed by atoms with Gasteiger partial charge in [-0.1, -0.05) is 35.6 Å². The lowest BCUT2D eigenvalue weighted by molar-refractivity contribution is -0.116. The average molecular weight is 416 g/mol. The Kier molecular flexibility index (Phi) is 5.43. The van der Waals surface area contributed by atoms with Crippen LogP contribution >= 0.6 is 11.3 Å². The molecule has 0 spiro atoms. The smallest absolute Gasteiger partial charge is 0.243 e. The van der Waals surface area contributed by atoms with E-state index >= 15 is 0 Å². The van der Waals surface area contributed by atoms with Gasteiger partial charge in [-0.15, -0.1) is 0 Å². The molecule has 2 aromatic carbocycles. The van der Waals surface area contributed by atoms with E-state index in [1.165, 1.54) is 15.6 Å². The maximum atomic E-state index is 12.5. The SMILES string of the molecule is O=C(CCc1ccc(S(=O)(=O)N2CCCC2)cc1)Nc1nc2ccccc2s1. The third-order valence-corrected chi connectivity index (χ3v) is 7.67. The predicted octanol–water partition coefficient (Wildman–Crippen LogP) is 3.65. The lowest BCUT2D eigenvalue weighted by Gasteiger charge is -2.15. The lowest BCUT2D eigenvalue weighted by Crippen LogP contribution is -2.27. The normalized spacial score (nSPS) is 15.1. The standard InChI is InChI=1S/C20H21N3O3S2/c24-19(22-20-21-17-5-1-2-6-18(17)27-20)12-9-15-7-10-16(11-8-15)28(25,26)23-13-3-4-14-23/h1-2,5-8,10-11H,3-4,9,12-14H2,(H,21,22,24). The zero-order chi connectivity index (χ0) is 19.6. The summed E-state index contributed by atoms with van der Waals surface area (Å²) in [4.78, 5) is 16.9. The number of nitrogens with one attached hydrogen (secondary N) is 1. The first kappa shape index (κ1) is 19.0. The number of benzene rings is 2. The minimum atomic E-state index is -3.39. The summed E-state index contributed by atoms with van der Waals surface area (Å²) in [6.07, 6.45) is 2.69. The van der Waals surface area contributed by atoms with Crippen molar-refractivity contribution in [2.45, 2.75) is 30.6 Å². The van der Waals surface area contributed by atoms with Gasteiger partial charge in [-0.2, -0.15) is 4.31 Å². The minimum Gasteiger partial charge on any atom is -0.302 e. The van der Waals surface area contributed by atoms with Gasteiger partial charge < -0.3 is 5.32 Å². The quantitative estimate of drug-likeness (QED) is 0.666. The molecule has 0 atom stereocenters. The average Bonchev–Trinajstić information content (AvgIpc) is 3.36. The van der Waals surface area contributed by atoms with Gasteiger partial charge in [-0.05, 0) is 49.1 Å². The molecule has 0 bridgehead atoms. The highest BCUT2D eigenvalue weighted by molar-refractivity contribution is 7.89. The van der Waals surface area contributed by atoms with E-state index < -0.39 is 10.0 Å². The Morgan fingerprint density at radius 2 is 1.79 bits per heavy atom. The molecule has 3 aromatic rings. The van der Waals surface area contributed by atoms with Gasteiger partial charge in [-0.3, -0.25) is 4.79 Å². The Balaban J connectivity index is 1.35. The summed E-state index contributed by atoms with van der Waals surface area (Å²) in [5.74, 6) is -0.104. The molecule has 1 aliphatic heterocycles. The molecule has 8 heteroatoms. The van der Waals surface area contributed by atoms with Crippen molar-refractivity contribution in [3.8, 4) is 0 Å². The maximum absolute atomic E-state index is 12.5. The van der Waals surface area contributed by atoms with E-state index in [9.17, 15) is 13.2 Å². The number of carbonyl (C=O) groups excluding carboxylic acids is 1. The molecule has 1 aliphatic rings. The van der Waals surface area contributed by atoms with Crippen LogP contribution in [0.5, 0.6) is 0 Å². The van der Waals surface area contributed by atoms with Crippen LogP contribution < -0.4 is 5.32 Å². The highest BCUT2D eigenvalue weighted by Crippen LogP contribution is 2.25. The number of anilines is 1. The Bertz CT molecular complexity index is 1050. The maximum Gasteiger partial charge on any atom is 0.243 e. The van der Waals surface area contributed by atoms with Crippen LogP contribution in [0.2, 0.25) is 0 Å². The van der Waals surface area contributed by atoms with E-state index in [0.717, 1.165) is 28.6 Å². The number of amides is 1. The highest BCUT2D eigenvalue weighted by Gasteiger charge is 2.26. The summed E-state index contributed by atoms with van der Waals surface area (Å²) in [6.45, 7) is 1.19. The fraction of sp³-hybridized carbons (Fsp3) is 0.300. The molecule has 28 heavy (non-hydrogen) atoms. The van der Waals surface area contributed by atoms with Crippen molar-refractivity contribution >= 4 is 42.6 Å². The molecule has 2 heterocycles. The molecule has 0 radical (unpaired) electrons. The summed E-state index contributed by atoms with van der Waals surface area (Å²) < 4.78 is 27.7. The van der Waals surface area contributed by atoms with Gasteiger partial charge in [0.1, 0.15) is 0 Å². The summed E-state index contributed by atoms with van der Waals surface area (Å²) in [5, 5.41) is 3.44. The molecule has 146 valence electrons. The molecular formula is C20H21N3O3S2. The number of para-hydroxylation sites is 1. The molecule has 4 rings (SSSR count). The second-order valence-corrected chi connectivity index (χ2v) is 9.76. The number of nitrogens with zero attached hydrogens (tertiary/aromatic N) is 2. The molecule has 1 N–H and O–H groups in total. The zero-order valence-corrected chi connectivity index (χ0v) is 16.9. The molecule has 0 aliphatic carbocycles. The number of thiazole rings is 1. The molecule has 1 saturated heterocycles. The van der Waals surface area contributed by atoms with Gasteiger partial charge in [0, 0.05) is 19.5 Å². The molecule has 0 unspecified atom stereocenters. The van der Waals surface area contributed by atoms with Gasteiger partial charge in [0.15, 0.2) is 5.13 Å². The Hall–Kier alpha value is -2.29. The van der Waals surface area contributed by atoms with Gasteiger partial charge in [0.25, 0.3) is 0 Å². The van der Waals surface area contributed by atoms with E-state index in [-0.39, 0.29) is 5.91 Å². The van der Waals surface area contributed by atoms with Crippen molar-refractivity contribution in [1.29, 1.82) is 0 Å². The van der Waals surface area contributed by atoms with Crippen LogP contribution in [0, 0.1) is 0 Å². The van der Waals surface area contributed by atoms with Crippen LogP contribution in [0.25, 0.3) is 10.2 Å². The largest absolute Gasteiger partial charge is 0.302 e. The van der Waals surface area contributed by atoms with Crippen molar-refractivity contribution < 1.29 is 13.2 Å². The molecule has 6 nitrogen and oxygen atoms in total. The summed E-state index contributed by atoms with van der Waals surface area (Å²) in [7, 11) is -3.39. The van der Waals surface area contributed by atoms with Gasteiger partial charge in [0.05, 0.1) is 15.1 Å². The van der Waals surface area contributed by atoms with E-state index in [1.54, 1.807) is 24.3 Å². The van der Waals surface area contributed by atoms with Crippen LogP contribution in [0.15, 0.2) is 53.4 Å². The van der Waals surface area contributed by atoms with Crippen molar-refractivity contribution in [2.75, 3.05) is 18.4 Å². The van der Waals surface area contributed by atoms with E-state index in [2.05, 4.69) is 10.3 Å². The Morgan fingerprint density at radius 3 is 2.50 bits per heavy atom. The van der Waals surface area contributed by atoms with Crippen LogP contribution in [0.4, 0.5) is 5.13 Å². The second kappa shape index (κ2) is 7.98. The zero-order valence-electron chi connectivity index (χ0n) is 15.3. The Morgan fingerprint density at radius 1 is 1.07 bits per heavy atom. The van der Waals surface area contributed by atoms with Crippen LogP contribution in [-0.2, 0) is 21.2 Å². The number of sulfonamides is 1. The van der Waals surface area contributed by atoms with Crippen LogP contribution in [0.1, 0.15) is 24.8 Å². The van der Waals surface area contributed by atoms with Gasteiger partial charge >= 0.3 is 0 Å². The third kappa shape index (κ3) is 4.09. The summed E-state index contributed by atoms with van der Waals surface area (Å²) in [6, 6.07) is 14.6. The molecule has 1 fully saturated rings. The molecular weight excluding hydrogens is 394 g/mol. The van der Waals surface area contributed by atoms with E-state index in [4.69, 9.17) is 0 Å². The number of carbonyl (C=O) groups is 1. The molecule has 1 amide bonds. The Labute approximate surface area is 168 Å². The lowest BCUT2D eigenvalue weighted by atomic mass is 10.1. The van der Waals surface area contributed by atoms with Crippen molar-refractivity contribution in [3.63, 3.8) is 0 Å². The fourth-order valence-electron chi connectivity index (χ4n) is 3.27. The summed E-state index contributed by atoms with van der Waals surface area (Å²) in [5.41, 5.74) is 1.80. The number of hydrogen-bond donors (Lipinski definition) is 1. The second-order valence-electron chi connectivity index (χ2n) is 6.79. The predicted molar refractivity (Wildman–Crippen MR) is 111 cm³/mol. The number of aryl methyl sites for hydroxylation is 1. The number of fused-ring (bicyclic) bond motifs is 1. The number of aromatic nitrogens is 1. The van der Waals surface area contributed by atoms with Crippen LogP contribution in [-0.4, -0.2) is 36.7 Å². The molecule has 1 aromatic heterocycles. The highest BCUT2D eigenvalue weighted by atomic mass is 32.2. The fourth-order valence-corrected chi connectivity index (χ4v) is 5.67. The summed E-state index contributed by atoms with van der Waals surface area (Å²) >= 11 is 1.45. The van der Waals surface area contributed by atoms with Crippen molar-refractivity contribution in [2.24, 2.45) is 0 Å². The van der Waals surface area contributed by atoms with Crippen LogP contribution in [0.3, 0.4) is 0 Å². The van der Waals surface area contributed by atoms with Gasteiger partial charge in [-0.25, -0.2) is 13.4 Å². The third-order valence-electron chi connectivity index (χ3n) is 4.81. The number of hydrogen-bond acceptors (Lipinski definition) is 5. The topological polar surface area (TPSA) is 79.4 Å². The van der Waals surface area contributed by atoms with Crippen molar-refractivity contribution in [3.05, 3.63) is 54.1 Å². The van der Waals surface area contributed by atoms with Crippen molar-refractivity contribution in [1.82, 2.24) is 9.29 Å². The molecule has 0 saturated carbocycles. The van der Waals surface area contributed by atoms with E-state index in [0.29, 0.717) is 36.0 Å². The monoisotopic (exact) mass is 415 g/mol. The number of rotatable bonds is 6. The van der Waals surface area contributed by atoms with E-state index in [1.807, 2.05) is 24.3 Å². The first-order valence-corrected chi connectivity index (χ1v) is 11.5. The first-order chi connectivity index (χ1) is 13.5. The first-order valence-electron chi connectivity index (χ1n) is 9.27. The minimum absolute atomic E-state index is 0.104. The van der Waals surface area contributed by atoms with Gasteiger partial charge in [0.2, 0.25) is 15.9 Å².